The maximum atomic E-state index is 12.3. The van der Waals surface area contributed by atoms with E-state index in [9.17, 15) is 4.79 Å². The van der Waals surface area contributed by atoms with Crippen LogP contribution in [0.5, 0.6) is 5.75 Å². The lowest BCUT2D eigenvalue weighted by Gasteiger charge is -2.31. The number of nitrogens with one attached hydrogen (secondary N) is 3. The third-order valence-corrected chi connectivity index (χ3v) is 5.02. The molecule has 0 unspecified atom stereocenters. The summed E-state index contributed by atoms with van der Waals surface area (Å²) in [7, 11) is 1.70. The van der Waals surface area contributed by atoms with Gasteiger partial charge in [0.25, 0.3) is 0 Å². The summed E-state index contributed by atoms with van der Waals surface area (Å²) in [5, 5.41) is 12.5. The monoisotopic (exact) mass is 343 g/mol. The predicted octanol–water partition coefficient (Wildman–Crippen LogP) is 2.69. The normalized spacial score (nSPS) is 17.0. The van der Waals surface area contributed by atoms with Gasteiger partial charge in [-0.25, -0.2) is 9.78 Å². The van der Waals surface area contributed by atoms with E-state index in [1.54, 1.807) is 7.11 Å². The number of ether oxygens (including phenoxy) is 1. The number of H-pyrrole nitrogens is 1. The molecule has 0 radical (unpaired) electrons. The van der Waals surface area contributed by atoms with Crippen molar-refractivity contribution in [1.29, 1.82) is 0 Å². The van der Waals surface area contributed by atoms with Gasteiger partial charge in [0.05, 0.1) is 13.2 Å². The fourth-order valence-electron chi connectivity index (χ4n) is 3.66. The van der Waals surface area contributed by atoms with Gasteiger partial charge in [0.1, 0.15) is 17.9 Å². The Morgan fingerprint density at radius 3 is 2.80 bits per heavy atom. The molecule has 0 bridgehead atoms. The van der Waals surface area contributed by atoms with E-state index in [2.05, 4.69) is 31.9 Å². The molecule has 1 heterocycles. The van der Waals surface area contributed by atoms with Gasteiger partial charge in [-0.3, -0.25) is 5.10 Å². The molecule has 3 N–H and O–H groups in total. The van der Waals surface area contributed by atoms with E-state index < -0.39 is 0 Å². The number of carbonyl (C=O) groups excluding carboxylic acids is 1. The van der Waals surface area contributed by atoms with E-state index in [0.717, 1.165) is 31.4 Å². The average Bonchev–Trinajstić information content (AvgIpc) is 3.32. The third kappa shape index (κ3) is 3.75. The molecule has 0 aliphatic heterocycles. The van der Waals surface area contributed by atoms with Gasteiger partial charge in [-0.2, -0.15) is 5.10 Å². The molecule has 1 fully saturated rings. The van der Waals surface area contributed by atoms with Crippen LogP contribution in [-0.2, 0) is 5.41 Å². The second kappa shape index (κ2) is 7.55. The van der Waals surface area contributed by atoms with Crippen LogP contribution in [0.25, 0.3) is 0 Å². The lowest BCUT2D eigenvalue weighted by atomic mass is 9.78. The van der Waals surface area contributed by atoms with Crippen molar-refractivity contribution in [3.05, 3.63) is 42.0 Å². The van der Waals surface area contributed by atoms with E-state index in [-0.39, 0.29) is 17.5 Å². The van der Waals surface area contributed by atoms with Crippen LogP contribution in [0.1, 0.15) is 50.0 Å². The van der Waals surface area contributed by atoms with Gasteiger partial charge in [-0.1, -0.05) is 31.0 Å². The van der Waals surface area contributed by atoms with Crippen molar-refractivity contribution in [1.82, 2.24) is 25.8 Å². The number of carbonyl (C=O) groups is 1. The van der Waals surface area contributed by atoms with Crippen LogP contribution in [0.4, 0.5) is 4.79 Å². The highest BCUT2D eigenvalue weighted by atomic mass is 16.5. The lowest BCUT2D eigenvalue weighted by Crippen LogP contribution is -2.44. The van der Waals surface area contributed by atoms with Crippen LogP contribution in [0.2, 0.25) is 0 Å². The zero-order chi connectivity index (χ0) is 17.7. The maximum Gasteiger partial charge on any atom is 0.315 e. The van der Waals surface area contributed by atoms with Crippen molar-refractivity contribution in [3.63, 3.8) is 0 Å². The average molecular weight is 343 g/mol. The zero-order valence-electron chi connectivity index (χ0n) is 14.7. The number of amides is 2. The van der Waals surface area contributed by atoms with Crippen LogP contribution in [0, 0.1) is 0 Å². The maximum absolute atomic E-state index is 12.3. The number of hydrogen-bond acceptors (Lipinski definition) is 4. The number of benzene rings is 1. The highest BCUT2D eigenvalue weighted by Gasteiger charge is 2.38. The summed E-state index contributed by atoms with van der Waals surface area (Å²) < 4.78 is 5.56. The van der Waals surface area contributed by atoms with Crippen molar-refractivity contribution in [2.75, 3.05) is 13.7 Å². The van der Waals surface area contributed by atoms with E-state index in [0.29, 0.717) is 12.4 Å². The van der Waals surface area contributed by atoms with Crippen molar-refractivity contribution < 1.29 is 9.53 Å². The minimum Gasteiger partial charge on any atom is -0.496 e. The van der Waals surface area contributed by atoms with E-state index in [1.807, 2.05) is 25.1 Å². The minimum absolute atomic E-state index is 0.0700. The topological polar surface area (TPSA) is 91.9 Å². The minimum atomic E-state index is -0.228. The first kappa shape index (κ1) is 17.3. The molecule has 7 nitrogen and oxygen atoms in total. The molecule has 25 heavy (non-hydrogen) atoms. The van der Waals surface area contributed by atoms with Gasteiger partial charge in [-0.15, -0.1) is 0 Å². The van der Waals surface area contributed by atoms with Crippen LogP contribution in [0.3, 0.4) is 0 Å². The van der Waals surface area contributed by atoms with Crippen molar-refractivity contribution in [2.45, 2.75) is 44.1 Å². The van der Waals surface area contributed by atoms with Crippen molar-refractivity contribution in [3.8, 4) is 5.75 Å². The Bertz CT molecular complexity index is 695. The predicted molar refractivity (Wildman–Crippen MR) is 94.5 cm³/mol. The first-order chi connectivity index (χ1) is 12.1. The molecular weight excluding hydrogens is 318 g/mol. The number of urea groups is 1. The van der Waals surface area contributed by atoms with Gasteiger partial charge in [0.15, 0.2) is 0 Å². The summed E-state index contributed by atoms with van der Waals surface area (Å²) in [4.78, 5) is 16.4. The number of para-hydroxylation sites is 1. The molecule has 1 aromatic carbocycles. The number of rotatable bonds is 6. The Balaban J connectivity index is 1.67. The number of aromatic amines is 1. The first-order valence-corrected chi connectivity index (χ1v) is 8.68. The Labute approximate surface area is 147 Å². The van der Waals surface area contributed by atoms with Crippen LogP contribution < -0.4 is 15.4 Å². The second-order valence-electron chi connectivity index (χ2n) is 6.61. The fraction of sp³-hybridized carbons (Fsp3) is 0.500. The SMILES string of the molecule is COc1ccccc1C1(CNC(=O)N[C@H](C)c2ncn[nH]2)CCCC1. The summed E-state index contributed by atoms with van der Waals surface area (Å²) in [6, 6.07) is 7.68. The molecule has 2 aromatic rings. The summed E-state index contributed by atoms with van der Waals surface area (Å²) in [6.45, 7) is 2.45. The van der Waals surface area contributed by atoms with E-state index in [1.165, 1.54) is 11.9 Å². The van der Waals surface area contributed by atoms with E-state index in [4.69, 9.17) is 4.74 Å². The molecule has 1 atom stereocenters. The molecule has 1 aliphatic carbocycles. The van der Waals surface area contributed by atoms with Crippen molar-refractivity contribution in [2.24, 2.45) is 0 Å². The Hall–Kier alpha value is -2.57. The quantitative estimate of drug-likeness (QED) is 0.752. The number of hydrogen-bond donors (Lipinski definition) is 3. The zero-order valence-corrected chi connectivity index (χ0v) is 14.7. The molecule has 7 heteroatoms. The van der Waals surface area contributed by atoms with Gasteiger partial charge in [0, 0.05) is 17.5 Å². The molecule has 1 aromatic heterocycles. The summed E-state index contributed by atoms with van der Waals surface area (Å²) in [5.41, 5.74) is 1.11. The Morgan fingerprint density at radius 1 is 1.36 bits per heavy atom. The second-order valence-corrected chi connectivity index (χ2v) is 6.61. The van der Waals surface area contributed by atoms with Crippen LogP contribution in [-0.4, -0.2) is 34.9 Å². The molecular formula is C18H25N5O2. The molecule has 134 valence electrons. The lowest BCUT2D eigenvalue weighted by molar-refractivity contribution is 0.233. The Kier molecular flexibility index (Phi) is 5.21. The number of aromatic nitrogens is 3. The number of nitrogens with zero attached hydrogens (tertiary/aromatic N) is 2. The third-order valence-electron chi connectivity index (χ3n) is 5.02. The van der Waals surface area contributed by atoms with Gasteiger partial charge < -0.3 is 15.4 Å². The van der Waals surface area contributed by atoms with E-state index >= 15 is 0 Å². The highest BCUT2D eigenvalue weighted by molar-refractivity contribution is 5.74. The first-order valence-electron chi connectivity index (χ1n) is 8.68. The van der Waals surface area contributed by atoms with Gasteiger partial charge in [-0.05, 0) is 25.8 Å². The smallest absolute Gasteiger partial charge is 0.315 e. The fourth-order valence-corrected chi connectivity index (χ4v) is 3.66. The molecule has 1 aliphatic rings. The Morgan fingerprint density at radius 2 is 2.12 bits per heavy atom. The van der Waals surface area contributed by atoms with Crippen LogP contribution in [0.15, 0.2) is 30.6 Å². The summed E-state index contributed by atoms with van der Waals surface area (Å²) in [6.07, 6.45) is 5.85. The van der Waals surface area contributed by atoms with Gasteiger partial charge in [0.2, 0.25) is 0 Å². The molecule has 0 saturated heterocycles. The summed E-state index contributed by atoms with van der Waals surface area (Å²) in [5.74, 6) is 1.53. The molecule has 1 saturated carbocycles. The molecule has 3 rings (SSSR count). The molecule has 0 spiro atoms. The largest absolute Gasteiger partial charge is 0.496 e. The highest BCUT2D eigenvalue weighted by Crippen LogP contribution is 2.44. The number of methoxy groups -OCH3 is 1. The molecule has 2 amide bonds. The van der Waals surface area contributed by atoms with Crippen molar-refractivity contribution >= 4 is 6.03 Å². The van der Waals surface area contributed by atoms with Crippen LogP contribution >= 0.6 is 0 Å². The summed E-state index contributed by atoms with van der Waals surface area (Å²) >= 11 is 0. The standard InChI is InChI=1S/C18H25N5O2/c1-13(16-20-12-21-23-16)22-17(24)19-11-18(9-5-6-10-18)14-7-3-4-8-15(14)25-2/h3-4,7-8,12-13H,5-6,9-11H2,1-2H3,(H2,19,22,24)(H,20,21,23)/t13-/m1/s1. The van der Waals surface area contributed by atoms with Gasteiger partial charge >= 0.3 is 6.03 Å².